The monoisotopic (exact) mass is 225 g/mol. The first-order valence-electron chi connectivity index (χ1n) is 6.42. The Balaban J connectivity index is 2.14. The molecular weight excluding hydrogens is 202 g/mol. The number of ether oxygens (including phenoxy) is 1. The van der Waals surface area contributed by atoms with Crippen molar-refractivity contribution in [2.45, 2.75) is 64.5 Å². The summed E-state index contributed by atoms with van der Waals surface area (Å²) < 4.78 is 5.79. The smallest absolute Gasteiger partial charge is 0.221 e. The zero-order valence-electron chi connectivity index (χ0n) is 10.6. The van der Waals surface area contributed by atoms with Crippen molar-refractivity contribution in [3.05, 3.63) is 0 Å². The Morgan fingerprint density at radius 1 is 1.50 bits per heavy atom. The second kappa shape index (κ2) is 4.02. The lowest BCUT2D eigenvalue weighted by Gasteiger charge is -2.45. The zero-order chi connectivity index (χ0) is 11.8. The van der Waals surface area contributed by atoms with Crippen LogP contribution in [-0.4, -0.2) is 24.2 Å². The zero-order valence-corrected chi connectivity index (χ0v) is 10.6. The molecule has 2 heterocycles. The van der Waals surface area contributed by atoms with Crippen LogP contribution in [0, 0.1) is 5.41 Å². The number of carbonyl (C=O) groups is 1. The molecule has 0 aromatic rings. The van der Waals surface area contributed by atoms with Crippen LogP contribution < -0.4 is 5.32 Å². The molecule has 2 aliphatic rings. The van der Waals surface area contributed by atoms with Crippen LogP contribution in [0.1, 0.15) is 52.9 Å². The fraction of sp³-hybridized carbons (Fsp3) is 0.923. The van der Waals surface area contributed by atoms with E-state index in [1.165, 1.54) is 0 Å². The molecule has 0 aromatic heterocycles. The van der Waals surface area contributed by atoms with Crippen LogP contribution in [0.15, 0.2) is 0 Å². The van der Waals surface area contributed by atoms with E-state index in [9.17, 15) is 4.79 Å². The highest BCUT2D eigenvalue weighted by Gasteiger charge is 2.54. The Hall–Kier alpha value is -0.570. The summed E-state index contributed by atoms with van der Waals surface area (Å²) in [7, 11) is 0. The molecule has 2 atom stereocenters. The van der Waals surface area contributed by atoms with Crippen LogP contribution in [-0.2, 0) is 9.53 Å². The minimum absolute atomic E-state index is 0.0696. The summed E-state index contributed by atoms with van der Waals surface area (Å²) in [6, 6.07) is 0. The second-order valence-electron chi connectivity index (χ2n) is 5.87. The van der Waals surface area contributed by atoms with Crippen molar-refractivity contribution in [1.82, 2.24) is 5.32 Å². The molecule has 2 unspecified atom stereocenters. The quantitative estimate of drug-likeness (QED) is 0.782. The Morgan fingerprint density at radius 3 is 2.81 bits per heavy atom. The highest BCUT2D eigenvalue weighted by atomic mass is 16.5. The van der Waals surface area contributed by atoms with Gasteiger partial charge in [0.05, 0.1) is 6.10 Å². The van der Waals surface area contributed by atoms with Crippen LogP contribution in [0.4, 0.5) is 0 Å². The second-order valence-corrected chi connectivity index (χ2v) is 5.87. The largest absolute Gasteiger partial charge is 0.378 e. The third kappa shape index (κ3) is 1.86. The van der Waals surface area contributed by atoms with Crippen molar-refractivity contribution >= 4 is 5.91 Å². The van der Waals surface area contributed by atoms with E-state index in [-0.39, 0.29) is 16.9 Å². The molecule has 2 rings (SSSR count). The van der Waals surface area contributed by atoms with Gasteiger partial charge in [-0.05, 0) is 33.1 Å². The van der Waals surface area contributed by atoms with Gasteiger partial charge in [0.1, 0.15) is 0 Å². The highest BCUT2D eigenvalue weighted by Crippen LogP contribution is 2.49. The summed E-state index contributed by atoms with van der Waals surface area (Å²) in [6.45, 7) is 7.31. The van der Waals surface area contributed by atoms with E-state index < -0.39 is 0 Å². The first-order valence-corrected chi connectivity index (χ1v) is 6.42. The normalized spacial score (nSPS) is 37.7. The van der Waals surface area contributed by atoms with E-state index in [1.54, 1.807) is 0 Å². The molecule has 2 aliphatic heterocycles. The molecule has 1 N–H and O–H groups in total. The van der Waals surface area contributed by atoms with E-state index in [0.29, 0.717) is 12.5 Å². The average molecular weight is 225 g/mol. The van der Waals surface area contributed by atoms with Gasteiger partial charge in [0.15, 0.2) is 0 Å². The molecule has 0 aliphatic carbocycles. The summed E-state index contributed by atoms with van der Waals surface area (Å²) in [6.07, 6.45) is 5.36. The predicted molar refractivity (Wildman–Crippen MR) is 63.2 cm³/mol. The standard InChI is InChI=1S/C13H23NO2/c1-4-5-10-8-13(6-7-16-10)9-11(15)14-12(13,2)3/h10H,4-9H2,1-3H3,(H,14,15). The number of amides is 1. The Morgan fingerprint density at radius 2 is 2.25 bits per heavy atom. The molecular formula is C13H23NO2. The lowest BCUT2D eigenvalue weighted by Crippen LogP contribution is -2.51. The minimum Gasteiger partial charge on any atom is -0.378 e. The van der Waals surface area contributed by atoms with Gasteiger partial charge in [-0.25, -0.2) is 0 Å². The van der Waals surface area contributed by atoms with Gasteiger partial charge in [-0.1, -0.05) is 13.3 Å². The van der Waals surface area contributed by atoms with Crippen molar-refractivity contribution in [2.24, 2.45) is 5.41 Å². The summed E-state index contributed by atoms with van der Waals surface area (Å²) in [5, 5.41) is 3.12. The third-order valence-electron chi connectivity index (χ3n) is 4.44. The molecule has 2 fully saturated rings. The van der Waals surface area contributed by atoms with Gasteiger partial charge in [-0.2, -0.15) is 0 Å². The number of hydrogen-bond acceptors (Lipinski definition) is 2. The summed E-state index contributed by atoms with van der Waals surface area (Å²) in [5.74, 6) is 0.210. The molecule has 0 aromatic carbocycles. The molecule has 3 nitrogen and oxygen atoms in total. The van der Waals surface area contributed by atoms with Gasteiger partial charge in [0.25, 0.3) is 0 Å². The fourth-order valence-corrected chi connectivity index (χ4v) is 3.31. The van der Waals surface area contributed by atoms with Crippen LogP contribution in [0.5, 0.6) is 0 Å². The molecule has 16 heavy (non-hydrogen) atoms. The Kier molecular flexibility index (Phi) is 2.99. The van der Waals surface area contributed by atoms with Crippen LogP contribution in [0.2, 0.25) is 0 Å². The molecule has 2 saturated heterocycles. The summed E-state index contributed by atoms with van der Waals surface area (Å²) in [5.41, 5.74) is 0.0576. The SMILES string of the molecule is CCCC1CC2(CCO1)CC(=O)NC2(C)C. The maximum atomic E-state index is 11.6. The molecule has 0 bridgehead atoms. The van der Waals surface area contributed by atoms with Gasteiger partial charge >= 0.3 is 0 Å². The third-order valence-corrected chi connectivity index (χ3v) is 4.44. The molecule has 0 radical (unpaired) electrons. The lowest BCUT2D eigenvalue weighted by atomic mass is 9.65. The van der Waals surface area contributed by atoms with Gasteiger partial charge < -0.3 is 10.1 Å². The van der Waals surface area contributed by atoms with Crippen LogP contribution >= 0.6 is 0 Å². The van der Waals surface area contributed by atoms with Gasteiger partial charge in [-0.15, -0.1) is 0 Å². The first kappa shape index (κ1) is 11.9. The maximum Gasteiger partial charge on any atom is 0.221 e. The number of carbonyl (C=O) groups excluding carboxylic acids is 1. The number of hydrogen-bond donors (Lipinski definition) is 1. The van der Waals surface area contributed by atoms with E-state index in [2.05, 4.69) is 26.1 Å². The molecule has 1 spiro atoms. The Bertz CT molecular complexity index is 286. The van der Waals surface area contributed by atoms with E-state index in [4.69, 9.17) is 4.74 Å². The fourth-order valence-electron chi connectivity index (χ4n) is 3.31. The van der Waals surface area contributed by atoms with Gasteiger partial charge in [-0.3, -0.25) is 4.79 Å². The summed E-state index contributed by atoms with van der Waals surface area (Å²) >= 11 is 0. The topological polar surface area (TPSA) is 38.3 Å². The average Bonchev–Trinajstić information content (AvgIpc) is 2.36. The molecule has 1 amide bonds. The van der Waals surface area contributed by atoms with Crippen molar-refractivity contribution in [2.75, 3.05) is 6.61 Å². The maximum absolute atomic E-state index is 11.6. The molecule has 0 saturated carbocycles. The Labute approximate surface area is 97.9 Å². The predicted octanol–water partition coefficient (Wildman–Crippen LogP) is 2.25. The van der Waals surface area contributed by atoms with Crippen molar-refractivity contribution < 1.29 is 9.53 Å². The van der Waals surface area contributed by atoms with Crippen molar-refractivity contribution in [3.8, 4) is 0 Å². The first-order chi connectivity index (χ1) is 7.49. The van der Waals surface area contributed by atoms with Crippen LogP contribution in [0.25, 0.3) is 0 Å². The van der Waals surface area contributed by atoms with Crippen molar-refractivity contribution in [1.29, 1.82) is 0 Å². The van der Waals surface area contributed by atoms with Gasteiger partial charge in [0, 0.05) is 24.0 Å². The molecule has 3 heteroatoms. The minimum atomic E-state index is -0.0696. The molecule has 92 valence electrons. The lowest BCUT2D eigenvalue weighted by molar-refractivity contribution is -0.120. The summed E-state index contributed by atoms with van der Waals surface area (Å²) in [4.78, 5) is 11.6. The van der Waals surface area contributed by atoms with E-state index in [0.717, 1.165) is 32.3 Å². The van der Waals surface area contributed by atoms with Crippen molar-refractivity contribution in [3.63, 3.8) is 0 Å². The van der Waals surface area contributed by atoms with Gasteiger partial charge in [0.2, 0.25) is 5.91 Å². The van der Waals surface area contributed by atoms with Crippen LogP contribution in [0.3, 0.4) is 0 Å². The van der Waals surface area contributed by atoms with E-state index >= 15 is 0 Å². The van der Waals surface area contributed by atoms with E-state index in [1.807, 2.05) is 0 Å². The number of nitrogens with one attached hydrogen (secondary N) is 1. The highest BCUT2D eigenvalue weighted by molar-refractivity contribution is 5.80. The number of rotatable bonds is 2.